The van der Waals surface area contributed by atoms with E-state index in [9.17, 15) is 18.0 Å². The molecule has 28 heavy (non-hydrogen) atoms. The molecule has 7 nitrogen and oxygen atoms in total. The van der Waals surface area contributed by atoms with E-state index < -0.39 is 21.8 Å². The molecule has 0 unspecified atom stereocenters. The summed E-state index contributed by atoms with van der Waals surface area (Å²) >= 11 is 1.13. The summed E-state index contributed by atoms with van der Waals surface area (Å²) in [6.45, 7) is 3.94. The molecule has 0 saturated heterocycles. The molecule has 0 radical (unpaired) electrons. The molecule has 9 heteroatoms. The number of aromatic nitrogens is 1. The first kappa shape index (κ1) is 20.0. The summed E-state index contributed by atoms with van der Waals surface area (Å²) in [6, 6.07) is 11.0. The first-order chi connectivity index (χ1) is 13.1. The van der Waals surface area contributed by atoms with Crippen molar-refractivity contribution in [2.24, 2.45) is 0 Å². The average molecular weight is 418 g/mol. The van der Waals surface area contributed by atoms with E-state index in [-0.39, 0.29) is 15.9 Å². The van der Waals surface area contributed by atoms with Crippen molar-refractivity contribution in [3.8, 4) is 0 Å². The summed E-state index contributed by atoms with van der Waals surface area (Å²) in [5.41, 5.74) is 1.85. The molecule has 0 spiro atoms. The summed E-state index contributed by atoms with van der Waals surface area (Å²) in [5, 5.41) is 5.09. The molecular formula is C19H19N3O4S2. The molecule has 0 aliphatic rings. The molecule has 3 amide bonds. The summed E-state index contributed by atoms with van der Waals surface area (Å²) < 4.78 is 23.9. The lowest BCUT2D eigenvalue weighted by Gasteiger charge is -2.12. The topological polar surface area (TPSA) is 105 Å². The lowest BCUT2D eigenvalue weighted by atomic mass is 9.97. The number of nitrogens with one attached hydrogen (secondary N) is 2. The van der Waals surface area contributed by atoms with Crippen molar-refractivity contribution in [3.63, 3.8) is 0 Å². The van der Waals surface area contributed by atoms with Gasteiger partial charge in [-0.25, -0.2) is 18.2 Å². The van der Waals surface area contributed by atoms with E-state index in [0.717, 1.165) is 23.2 Å². The van der Waals surface area contributed by atoms with Crippen molar-refractivity contribution < 1.29 is 18.0 Å². The van der Waals surface area contributed by atoms with Gasteiger partial charge in [0, 0.05) is 11.8 Å². The molecule has 146 valence electrons. The fourth-order valence-corrected chi connectivity index (χ4v) is 4.32. The second-order valence-electron chi connectivity index (χ2n) is 6.57. The number of rotatable bonds is 4. The van der Waals surface area contributed by atoms with Crippen molar-refractivity contribution in [2.45, 2.75) is 24.7 Å². The van der Waals surface area contributed by atoms with Crippen molar-refractivity contribution in [1.82, 2.24) is 10.3 Å². The fourth-order valence-electron chi connectivity index (χ4n) is 2.70. The second kappa shape index (κ2) is 7.69. The number of imide groups is 1. The maximum Gasteiger partial charge on any atom is 0.327 e. The summed E-state index contributed by atoms with van der Waals surface area (Å²) in [5.74, 6) is -0.361. The average Bonchev–Trinajstić information content (AvgIpc) is 3.01. The van der Waals surface area contributed by atoms with Crippen LogP contribution >= 0.6 is 11.3 Å². The molecule has 0 bridgehead atoms. The Labute approximate surface area is 166 Å². The molecule has 1 aromatic heterocycles. The zero-order valence-electron chi connectivity index (χ0n) is 15.5. The van der Waals surface area contributed by atoms with Crippen LogP contribution in [0.5, 0.6) is 0 Å². The normalized spacial score (nSPS) is 11.6. The number of anilines is 1. The highest BCUT2D eigenvalue weighted by Gasteiger charge is 2.17. The van der Waals surface area contributed by atoms with Gasteiger partial charge in [-0.15, -0.1) is 0 Å². The number of urea groups is 1. The van der Waals surface area contributed by atoms with Gasteiger partial charge < -0.3 is 0 Å². The monoisotopic (exact) mass is 417 g/mol. The highest BCUT2D eigenvalue weighted by atomic mass is 32.2. The zero-order valence-corrected chi connectivity index (χ0v) is 17.1. The van der Waals surface area contributed by atoms with E-state index in [1.165, 1.54) is 12.1 Å². The number of sulfone groups is 1. The molecule has 0 aliphatic carbocycles. The van der Waals surface area contributed by atoms with Crippen LogP contribution in [-0.4, -0.2) is 31.6 Å². The lowest BCUT2D eigenvalue weighted by molar-refractivity contribution is 0.0966. The van der Waals surface area contributed by atoms with E-state index >= 15 is 0 Å². The molecule has 0 atom stereocenters. The Balaban J connectivity index is 1.75. The molecule has 0 fully saturated rings. The lowest BCUT2D eigenvalue weighted by Crippen LogP contribution is -2.34. The zero-order chi connectivity index (χ0) is 20.5. The SMILES string of the molecule is CC(C)c1ccccc1C(=O)NC(=O)Nc1nc2ccc(S(C)(=O)=O)cc2s1. The van der Waals surface area contributed by atoms with Crippen LogP contribution in [0.1, 0.15) is 35.7 Å². The number of thiazole rings is 1. The molecular weight excluding hydrogens is 398 g/mol. The highest BCUT2D eigenvalue weighted by molar-refractivity contribution is 7.90. The standard InChI is InChI=1S/C19H19N3O4S2/c1-11(2)13-6-4-5-7-14(13)17(23)21-18(24)22-19-20-15-9-8-12(28(3,25)26)10-16(15)27-19/h4-11H,1-3H3,(H2,20,21,22,23,24). The van der Waals surface area contributed by atoms with Gasteiger partial charge in [-0.2, -0.15) is 0 Å². The van der Waals surface area contributed by atoms with Gasteiger partial charge in [0.25, 0.3) is 5.91 Å². The van der Waals surface area contributed by atoms with Crippen molar-refractivity contribution in [3.05, 3.63) is 53.6 Å². The number of amides is 3. The van der Waals surface area contributed by atoms with Gasteiger partial charge in [0.2, 0.25) is 0 Å². The Morgan fingerprint density at radius 1 is 1.11 bits per heavy atom. The van der Waals surface area contributed by atoms with Gasteiger partial charge in [0.05, 0.1) is 15.1 Å². The van der Waals surface area contributed by atoms with Crippen LogP contribution in [0.3, 0.4) is 0 Å². The van der Waals surface area contributed by atoms with E-state index in [1.54, 1.807) is 18.2 Å². The summed E-state index contributed by atoms with van der Waals surface area (Å²) in [4.78, 5) is 29.1. The van der Waals surface area contributed by atoms with Crippen LogP contribution in [0.2, 0.25) is 0 Å². The van der Waals surface area contributed by atoms with Crippen LogP contribution in [0, 0.1) is 0 Å². The first-order valence-corrected chi connectivity index (χ1v) is 11.2. The maximum absolute atomic E-state index is 12.4. The molecule has 3 rings (SSSR count). The Bertz CT molecular complexity index is 1170. The van der Waals surface area contributed by atoms with Gasteiger partial charge in [0.1, 0.15) is 0 Å². The summed E-state index contributed by atoms with van der Waals surface area (Å²) in [7, 11) is -3.33. The number of carbonyl (C=O) groups excluding carboxylic acids is 2. The third-order valence-corrected chi connectivity index (χ3v) is 6.11. The number of nitrogens with zero attached hydrogens (tertiary/aromatic N) is 1. The number of fused-ring (bicyclic) bond motifs is 1. The minimum atomic E-state index is -3.33. The van der Waals surface area contributed by atoms with E-state index in [2.05, 4.69) is 15.6 Å². The highest BCUT2D eigenvalue weighted by Crippen LogP contribution is 2.28. The van der Waals surface area contributed by atoms with E-state index in [0.29, 0.717) is 15.8 Å². The van der Waals surface area contributed by atoms with Gasteiger partial charge in [-0.3, -0.25) is 15.4 Å². The fraction of sp³-hybridized carbons (Fsp3) is 0.211. The smallest absolute Gasteiger partial charge is 0.283 e. The van der Waals surface area contributed by atoms with Crippen LogP contribution in [-0.2, 0) is 9.84 Å². The second-order valence-corrected chi connectivity index (χ2v) is 9.62. The van der Waals surface area contributed by atoms with Crippen LogP contribution in [0.4, 0.5) is 9.93 Å². The Hall–Kier alpha value is -2.78. The summed E-state index contributed by atoms with van der Waals surface area (Å²) in [6.07, 6.45) is 1.13. The Kier molecular flexibility index (Phi) is 5.48. The Morgan fingerprint density at radius 2 is 1.82 bits per heavy atom. The molecule has 1 heterocycles. The number of hydrogen-bond donors (Lipinski definition) is 2. The van der Waals surface area contributed by atoms with E-state index in [1.807, 2.05) is 26.0 Å². The number of benzene rings is 2. The van der Waals surface area contributed by atoms with Crippen molar-refractivity contribution in [2.75, 3.05) is 11.6 Å². The third kappa shape index (κ3) is 4.37. The van der Waals surface area contributed by atoms with E-state index in [4.69, 9.17) is 0 Å². The quantitative estimate of drug-likeness (QED) is 0.672. The van der Waals surface area contributed by atoms with Crippen molar-refractivity contribution >= 4 is 48.5 Å². The van der Waals surface area contributed by atoms with Crippen LogP contribution in [0.25, 0.3) is 10.2 Å². The predicted molar refractivity (Wildman–Crippen MR) is 110 cm³/mol. The minimum Gasteiger partial charge on any atom is -0.283 e. The first-order valence-electron chi connectivity index (χ1n) is 8.47. The van der Waals surface area contributed by atoms with Gasteiger partial charge in [-0.1, -0.05) is 43.4 Å². The predicted octanol–water partition coefficient (Wildman–Crippen LogP) is 3.79. The minimum absolute atomic E-state index is 0.137. The number of hydrogen-bond acceptors (Lipinski definition) is 6. The van der Waals surface area contributed by atoms with Gasteiger partial charge in [-0.05, 0) is 35.7 Å². The van der Waals surface area contributed by atoms with Crippen molar-refractivity contribution in [1.29, 1.82) is 0 Å². The molecule has 0 aliphatic heterocycles. The van der Waals surface area contributed by atoms with Crippen LogP contribution < -0.4 is 10.6 Å². The number of carbonyl (C=O) groups is 2. The largest absolute Gasteiger partial charge is 0.327 e. The molecule has 2 aromatic carbocycles. The molecule has 2 N–H and O–H groups in total. The third-order valence-electron chi connectivity index (χ3n) is 4.06. The van der Waals surface area contributed by atoms with Gasteiger partial charge >= 0.3 is 6.03 Å². The maximum atomic E-state index is 12.4. The molecule has 3 aromatic rings. The van der Waals surface area contributed by atoms with Gasteiger partial charge in [0.15, 0.2) is 15.0 Å². The molecule has 0 saturated carbocycles. The van der Waals surface area contributed by atoms with Crippen LogP contribution in [0.15, 0.2) is 47.4 Å². The Morgan fingerprint density at radius 3 is 2.50 bits per heavy atom.